The molecule has 0 spiro atoms. The number of imide groups is 1. The summed E-state index contributed by atoms with van der Waals surface area (Å²) < 4.78 is 0. The molecule has 6 heteroatoms. The van der Waals surface area contributed by atoms with Gasteiger partial charge < -0.3 is 10.6 Å². The van der Waals surface area contributed by atoms with E-state index >= 15 is 0 Å². The summed E-state index contributed by atoms with van der Waals surface area (Å²) in [6.07, 6.45) is 2.21. The van der Waals surface area contributed by atoms with Crippen molar-refractivity contribution in [3.63, 3.8) is 0 Å². The Hall–Kier alpha value is -1.14. The van der Waals surface area contributed by atoms with Crippen LogP contribution < -0.4 is 16.0 Å². The van der Waals surface area contributed by atoms with Crippen LogP contribution in [-0.4, -0.2) is 55.6 Å². The second-order valence-electron chi connectivity index (χ2n) is 5.89. The van der Waals surface area contributed by atoms with Crippen molar-refractivity contribution in [2.24, 2.45) is 5.92 Å². The van der Waals surface area contributed by atoms with E-state index < -0.39 is 6.03 Å². The lowest BCUT2D eigenvalue weighted by atomic mass is 10.0. The third-order valence-electron chi connectivity index (χ3n) is 3.70. The zero-order chi connectivity index (χ0) is 15.1. The van der Waals surface area contributed by atoms with Crippen LogP contribution in [0.4, 0.5) is 4.79 Å². The van der Waals surface area contributed by atoms with E-state index in [0.717, 1.165) is 25.9 Å². The van der Waals surface area contributed by atoms with Crippen LogP contribution in [0.25, 0.3) is 0 Å². The summed E-state index contributed by atoms with van der Waals surface area (Å²) in [5.74, 6) is 0.134. The molecule has 1 heterocycles. The molecule has 1 aliphatic heterocycles. The van der Waals surface area contributed by atoms with E-state index in [1.165, 1.54) is 0 Å². The minimum absolute atomic E-state index is 0.233. The molecule has 0 bridgehead atoms. The molecule has 2 unspecified atom stereocenters. The Morgan fingerprint density at radius 1 is 1.30 bits per heavy atom. The maximum atomic E-state index is 12.1. The van der Waals surface area contributed by atoms with Crippen LogP contribution in [0.5, 0.6) is 0 Å². The largest absolute Gasteiger partial charge is 0.338 e. The van der Waals surface area contributed by atoms with Gasteiger partial charge in [-0.3, -0.25) is 15.0 Å². The normalized spacial score (nSPS) is 21.6. The van der Waals surface area contributed by atoms with Crippen molar-refractivity contribution in [3.05, 3.63) is 0 Å². The molecule has 3 N–H and O–H groups in total. The SMILES string of the molecule is CNC1CCCN(C(C)C(=O)NC(=O)NCC(C)C)C1. The maximum absolute atomic E-state index is 12.1. The molecule has 2 atom stereocenters. The third kappa shape index (κ3) is 5.46. The molecule has 0 aliphatic carbocycles. The Bertz CT molecular complexity index is 333. The van der Waals surface area contributed by atoms with Gasteiger partial charge in [0.15, 0.2) is 0 Å². The van der Waals surface area contributed by atoms with Crippen LogP contribution in [-0.2, 0) is 4.79 Å². The molecule has 1 rings (SSSR count). The highest BCUT2D eigenvalue weighted by molar-refractivity contribution is 5.96. The van der Waals surface area contributed by atoms with Gasteiger partial charge in [0.1, 0.15) is 0 Å². The van der Waals surface area contributed by atoms with E-state index in [9.17, 15) is 9.59 Å². The van der Waals surface area contributed by atoms with Gasteiger partial charge in [0.2, 0.25) is 5.91 Å². The Morgan fingerprint density at radius 3 is 2.60 bits per heavy atom. The monoisotopic (exact) mass is 284 g/mol. The van der Waals surface area contributed by atoms with Crippen molar-refractivity contribution in [1.29, 1.82) is 0 Å². The van der Waals surface area contributed by atoms with Crippen LogP contribution in [0.3, 0.4) is 0 Å². The Kier molecular flexibility index (Phi) is 6.95. The number of piperidine rings is 1. The second-order valence-corrected chi connectivity index (χ2v) is 5.89. The van der Waals surface area contributed by atoms with Crippen LogP contribution in [0.15, 0.2) is 0 Å². The fourth-order valence-corrected chi connectivity index (χ4v) is 2.32. The average molecular weight is 284 g/mol. The molecule has 0 radical (unpaired) electrons. The molecule has 0 aromatic heterocycles. The summed E-state index contributed by atoms with van der Waals surface area (Å²) >= 11 is 0. The first-order chi connectivity index (χ1) is 9.43. The summed E-state index contributed by atoms with van der Waals surface area (Å²) in [6, 6.07) is -0.262. The summed E-state index contributed by atoms with van der Waals surface area (Å²) in [6.45, 7) is 8.19. The first kappa shape index (κ1) is 16.9. The number of carbonyl (C=O) groups excluding carboxylic acids is 2. The molecule has 0 aromatic rings. The van der Waals surface area contributed by atoms with E-state index in [4.69, 9.17) is 0 Å². The quantitative estimate of drug-likeness (QED) is 0.689. The molecule has 116 valence electrons. The minimum atomic E-state index is -0.405. The van der Waals surface area contributed by atoms with Crippen LogP contribution in [0, 0.1) is 5.92 Å². The van der Waals surface area contributed by atoms with Gasteiger partial charge in [-0.2, -0.15) is 0 Å². The van der Waals surface area contributed by atoms with Gasteiger partial charge in [0.05, 0.1) is 6.04 Å². The number of amides is 3. The number of nitrogens with zero attached hydrogens (tertiary/aromatic N) is 1. The molecular formula is C14H28N4O2. The van der Waals surface area contributed by atoms with Crippen LogP contribution >= 0.6 is 0 Å². The first-order valence-corrected chi connectivity index (χ1v) is 7.44. The van der Waals surface area contributed by atoms with Gasteiger partial charge in [0, 0.05) is 19.1 Å². The van der Waals surface area contributed by atoms with E-state index in [0.29, 0.717) is 18.5 Å². The number of likely N-dealkylation sites (tertiary alicyclic amines) is 1. The molecule has 20 heavy (non-hydrogen) atoms. The van der Waals surface area contributed by atoms with Crippen LogP contribution in [0.2, 0.25) is 0 Å². The third-order valence-corrected chi connectivity index (χ3v) is 3.70. The van der Waals surface area contributed by atoms with Gasteiger partial charge in [-0.05, 0) is 39.3 Å². The molecule has 6 nitrogen and oxygen atoms in total. The van der Waals surface area contributed by atoms with Gasteiger partial charge in [0.25, 0.3) is 0 Å². The van der Waals surface area contributed by atoms with Crippen molar-refractivity contribution < 1.29 is 9.59 Å². The van der Waals surface area contributed by atoms with E-state index in [1.807, 2.05) is 27.8 Å². The fourth-order valence-electron chi connectivity index (χ4n) is 2.32. The number of rotatable bonds is 5. The van der Waals surface area contributed by atoms with Crippen molar-refractivity contribution >= 4 is 11.9 Å². The van der Waals surface area contributed by atoms with Crippen LogP contribution in [0.1, 0.15) is 33.6 Å². The number of likely N-dealkylation sites (N-methyl/N-ethyl adjacent to an activating group) is 1. The highest BCUT2D eigenvalue weighted by Crippen LogP contribution is 2.12. The van der Waals surface area contributed by atoms with E-state index in [-0.39, 0.29) is 11.9 Å². The number of nitrogens with one attached hydrogen (secondary N) is 3. The number of carbonyl (C=O) groups is 2. The Labute approximate surface area is 121 Å². The fraction of sp³-hybridized carbons (Fsp3) is 0.857. The Balaban J connectivity index is 2.40. The summed E-state index contributed by atoms with van der Waals surface area (Å²) in [7, 11) is 1.94. The highest BCUT2D eigenvalue weighted by Gasteiger charge is 2.27. The first-order valence-electron chi connectivity index (χ1n) is 7.44. The standard InChI is InChI=1S/C14H28N4O2/c1-10(2)8-16-14(20)17-13(19)11(3)18-7-5-6-12(9-18)15-4/h10-12,15H,5-9H2,1-4H3,(H2,16,17,19,20). The molecule has 0 saturated carbocycles. The zero-order valence-corrected chi connectivity index (χ0v) is 13.0. The summed E-state index contributed by atoms with van der Waals surface area (Å²) in [5, 5.41) is 8.35. The highest BCUT2D eigenvalue weighted by atomic mass is 16.2. The molecule has 1 aliphatic rings. The number of hydrogen-bond donors (Lipinski definition) is 3. The topological polar surface area (TPSA) is 73.5 Å². The van der Waals surface area contributed by atoms with Gasteiger partial charge in [-0.1, -0.05) is 13.8 Å². The number of urea groups is 1. The molecule has 1 fully saturated rings. The van der Waals surface area contributed by atoms with Gasteiger partial charge in [-0.15, -0.1) is 0 Å². The lowest BCUT2D eigenvalue weighted by Crippen LogP contribution is -2.54. The maximum Gasteiger partial charge on any atom is 0.321 e. The average Bonchev–Trinajstić information content (AvgIpc) is 2.44. The zero-order valence-electron chi connectivity index (χ0n) is 13.0. The lowest BCUT2D eigenvalue weighted by Gasteiger charge is -2.35. The molecule has 3 amide bonds. The molecule has 1 saturated heterocycles. The van der Waals surface area contributed by atoms with Crippen molar-refractivity contribution in [1.82, 2.24) is 20.9 Å². The van der Waals surface area contributed by atoms with Crippen molar-refractivity contribution in [2.45, 2.75) is 45.7 Å². The smallest absolute Gasteiger partial charge is 0.321 e. The van der Waals surface area contributed by atoms with Crippen molar-refractivity contribution in [2.75, 3.05) is 26.7 Å². The second kappa shape index (κ2) is 8.21. The predicted octanol–water partition coefficient (Wildman–Crippen LogP) is 0.541. The van der Waals surface area contributed by atoms with Gasteiger partial charge in [-0.25, -0.2) is 4.79 Å². The molecular weight excluding hydrogens is 256 g/mol. The van der Waals surface area contributed by atoms with E-state index in [2.05, 4.69) is 20.9 Å². The van der Waals surface area contributed by atoms with Gasteiger partial charge >= 0.3 is 6.03 Å². The van der Waals surface area contributed by atoms with Crippen molar-refractivity contribution in [3.8, 4) is 0 Å². The summed E-state index contributed by atoms with van der Waals surface area (Å²) in [5.41, 5.74) is 0. The van der Waals surface area contributed by atoms with E-state index in [1.54, 1.807) is 0 Å². The number of hydrogen-bond acceptors (Lipinski definition) is 4. The lowest BCUT2D eigenvalue weighted by molar-refractivity contribution is -0.125. The Morgan fingerprint density at radius 2 is 2.00 bits per heavy atom. The minimum Gasteiger partial charge on any atom is -0.338 e. The molecule has 0 aromatic carbocycles. The predicted molar refractivity (Wildman–Crippen MR) is 79.5 cm³/mol. The summed E-state index contributed by atoms with van der Waals surface area (Å²) in [4.78, 5) is 25.8.